The molecule has 0 atom stereocenters. The maximum absolute atomic E-state index is 5.42. The van der Waals surface area contributed by atoms with Crippen LogP contribution in [0.25, 0.3) is 5.57 Å². The van der Waals surface area contributed by atoms with Crippen LogP contribution in [0.1, 0.15) is 18.2 Å². The molecule has 0 saturated heterocycles. The predicted octanol–water partition coefficient (Wildman–Crippen LogP) is 1.09. The Hall–Kier alpha value is -1.09. The lowest BCUT2D eigenvalue weighted by atomic mass is 10.1. The normalized spacial score (nSPS) is 12.2. The zero-order valence-corrected chi connectivity index (χ0v) is 7.83. The summed E-state index contributed by atoms with van der Waals surface area (Å²) in [6, 6.07) is 0. The van der Waals surface area contributed by atoms with Crippen LogP contribution in [0.15, 0.2) is 12.3 Å². The Morgan fingerprint density at radius 1 is 1.75 bits per heavy atom. The van der Waals surface area contributed by atoms with Crippen LogP contribution in [0.3, 0.4) is 0 Å². The van der Waals surface area contributed by atoms with Crippen LogP contribution in [0.2, 0.25) is 0 Å². The Morgan fingerprint density at radius 2 is 2.42 bits per heavy atom. The SMILES string of the molecule is CC(=CCN)c1cn(C)nc1C. The molecule has 0 aliphatic heterocycles. The lowest BCUT2D eigenvalue weighted by molar-refractivity contribution is 0.756. The van der Waals surface area contributed by atoms with Gasteiger partial charge < -0.3 is 5.73 Å². The van der Waals surface area contributed by atoms with Gasteiger partial charge in [-0.05, 0) is 19.4 Å². The number of hydrogen-bond donors (Lipinski definition) is 1. The highest BCUT2D eigenvalue weighted by atomic mass is 15.2. The Morgan fingerprint density at radius 3 is 2.83 bits per heavy atom. The smallest absolute Gasteiger partial charge is 0.0668 e. The quantitative estimate of drug-likeness (QED) is 0.713. The summed E-state index contributed by atoms with van der Waals surface area (Å²) in [6.07, 6.45) is 4.01. The molecular formula is C9H15N3. The lowest BCUT2D eigenvalue weighted by Gasteiger charge is -1.96. The van der Waals surface area contributed by atoms with Crippen LogP contribution in [0, 0.1) is 6.92 Å². The Kier molecular flexibility index (Phi) is 2.65. The fourth-order valence-electron chi connectivity index (χ4n) is 1.27. The van der Waals surface area contributed by atoms with Gasteiger partial charge in [0, 0.05) is 25.4 Å². The van der Waals surface area contributed by atoms with Crippen LogP contribution in [0.5, 0.6) is 0 Å². The lowest BCUT2D eigenvalue weighted by Crippen LogP contribution is -1.94. The van der Waals surface area contributed by atoms with E-state index in [1.54, 1.807) is 0 Å². The van der Waals surface area contributed by atoms with Crippen molar-refractivity contribution in [3.05, 3.63) is 23.5 Å². The molecule has 0 aliphatic rings. The summed E-state index contributed by atoms with van der Waals surface area (Å²) in [5.41, 5.74) is 8.86. The topological polar surface area (TPSA) is 43.8 Å². The molecule has 3 heteroatoms. The summed E-state index contributed by atoms with van der Waals surface area (Å²) in [6.45, 7) is 4.64. The van der Waals surface area contributed by atoms with Crippen LogP contribution >= 0.6 is 0 Å². The predicted molar refractivity (Wildman–Crippen MR) is 50.7 cm³/mol. The molecule has 0 spiro atoms. The van der Waals surface area contributed by atoms with Crippen molar-refractivity contribution in [2.75, 3.05) is 6.54 Å². The first-order valence-corrected chi connectivity index (χ1v) is 4.02. The van der Waals surface area contributed by atoms with Gasteiger partial charge in [0.05, 0.1) is 5.69 Å². The summed E-state index contributed by atoms with van der Waals surface area (Å²) >= 11 is 0. The van der Waals surface area contributed by atoms with Crippen LogP contribution < -0.4 is 5.73 Å². The third-order valence-corrected chi connectivity index (χ3v) is 1.86. The molecule has 0 unspecified atom stereocenters. The van der Waals surface area contributed by atoms with Gasteiger partial charge in [0.2, 0.25) is 0 Å². The van der Waals surface area contributed by atoms with Gasteiger partial charge in [0.25, 0.3) is 0 Å². The molecule has 0 radical (unpaired) electrons. The van der Waals surface area contributed by atoms with Crippen LogP contribution in [0.4, 0.5) is 0 Å². The number of aryl methyl sites for hydroxylation is 2. The fraction of sp³-hybridized carbons (Fsp3) is 0.444. The molecule has 12 heavy (non-hydrogen) atoms. The monoisotopic (exact) mass is 165 g/mol. The van der Waals surface area contributed by atoms with Crippen LogP contribution in [-0.4, -0.2) is 16.3 Å². The van der Waals surface area contributed by atoms with E-state index in [4.69, 9.17) is 5.73 Å². The number of allylic oxidation sites excluding steroid dienone is 1. The minimum atomic E-state index is 0.583. The third-order valence-electron chi connectivity index (χ3n) is 1.86. The molecule has 1 rings (SSSR count). The van der Waals surface area contributed by atoms with E-state index < -0.39 is 0 Å². The summed E-state index contributed by atoms with van der Waals surface area (Å²) in [5, 5.41) is 4.25. The first-order chi connectivity index (χ1) is 5.65. The van der Waals surface area contributed by atoms with E-state index in [1.165, 1.54) is 11.1 Å². The van der Waals surface area contributed by atoms with Crippen molar-refractivity contribution in [3.8, 4) is 0 Å². The minimum absolute atomic E-state index is 0.583. The second kappa shape index (κ2) is 3.54. The Bertz CT molecular complexity index is 297. The number of hydrogen-bond acceptors (Lipinski definition) is 2. The van der Waals surface area contributed by atoms with E-state index >= 15 is 0 Å². The molecule has 0 aliphatic carbocycles. The van der Waals surface area contributed by atoms with Crippen molar-refractivity contribution >= 4 is 5.57 Å². The van der Waals surface area contributed by atoms with Crippen LogP contribution in [-0.2, 0) is 7.05 Å². The van der Waals surface area contributed by atoms with Gasteiger partial charge in [0.1, 0.15) is 0 Å². The van der Waals surface area contributed by atoms with Gasteiger partial charge in [0.15, 0.2) is 0 Å². The summed E-state index contributed by atoms with van der Waals surface area (Å²) < 4.78 is 1.82. The maximum atomic E-state index is 5.42. The van der Waals surface area contributed by atoms with Gasteiger partial charge in [-0.2, -0.15) is 5.10 Å². The minimum Gasteiger partial charge on any atom is -0.327 e. The molecule has 1 aromatic rings. The third kappa shape index (κ3) is 1.74. The average Bonchev–Trinajstić information content (AvgIpc) is 2.30. The van der Waals surface area contributed by atoms with E-state index in [9.17, 15) is 0 Å². The van der Waals surface area contributed by atoms with E-state index in [1.807, 2.05) is 30.9 Å². The molecular weight excluding hydrogens is 150 g/mol. The van der Waals surface area contributed by atoms with Gasteiger partial charge >= 0.3 is 0 Å². The number of rotatable bonds is 2. The second-order valence-corrected chi connectivity index (χ2v) is 2.92. The second-order valence-electron chi connectivity index (χ2n) is 2.92. The summed E-state index contributed by atoms with van der Waals surface area (Å²) in [4.78, 5) is 0. The summed E-state index contributed by atoms with van der Waals surface area (Å²) in [5.74, 6) is 0. The molecule has 0 bridgehead atoms. The number of nitrogens with two attached hydrogens (primary N) is 1. The molecule has 0 saturated carbocycles. The first kappa shape index (κ1) is 9.00. The van der Waals surface area contributed by atoms with E-state index in [-0.39, 0.29) is 0 Å². The first-order valence-electron chi connectivity index (χ1n) is 4.02. The Balaban J connectivity index is 3.02. The highest BCUT2D eigenvalue weighted by molar-refractivity contribution is 5.64. The zero-order chi connectivity index (χ0) is 9.14. The molecule has 1 heterocycles. The van der Waals surface area contributed by atoms with Crippen molar-refractivity contribution in [2.45, 2.75) is 13.8 Å². The standard InChI is InChI=1S/C9H15N3/c1-7(4-5-10)9-6-12(3)11-8(9)2/h4,6H,5,10H2,1-3H3. The number of nitrogens with zero attached hydrogens (tertiary/aromatic N) is 2. The van der Waals surface area contributed by atoms with Crippen molar-refractivity contribution in [1.29, 1.82) is 0 Å². The van der Waals surface area contributed by atoms with Crippen molar-refractivity contribution in [1.82, 2.24) is 9.78 Å². The van der Waals surface area contributed by atoms with Gasteiger partial charge in [-0.25, -0.2) is 0 Å². The largest absolute Gasteiger partial charge is 0.327 e. The van der Waals surface area contributed by atoms with Crippen molar-refractivity contribution in [2.24, 2.45) is 12.8 Å². The van der Waals surface area contributed by atoms with E-state index in [0.29, 0.717) is 6.54 Å². The van der Waals surface area contributed by atoms with Gasteiger partial charge in [-0.1, -0.05) is 6.08 Å². The molecule has 0 amide bonds. The average molecular weight is 165 g/mol. The molecule has 2 N–H and O–H groups in total. The zero-order valence-electron chi connectivity index (χ0n) is 7.83. The maximum Gasteiger partial charge on any atom is 0.0668 e. The molecule has 3 nitrogen and oxygen atoms in total. The Labute approximate surface area is 72.9 Å². The molecule has 66 valence electrons. The van der Waals surface area contributed by atoms with E-state index in [2.05, 4.69) is 12.0 Å². The van der Waals surface area contributed by atoms with Crippen molar-refractivity contribution < 1.29 is 0 Å². The number of aromatic nitrogens is 2. The molecule has 0 aromatic carbocycles. The highest BCUT2D eigenvalue weighted by Crippen LogP contribution is 2.15. The summed E-state index contributed by atoms with van der Waals surface area (Å²) in [7, 11) is 1.92. The van der Waals surface area contributed by atoms with Gasteiger partial charge in [-0.3, -0.25) is 4.68 Å². The van der Waals surface area contributed by atoms with Gasteiger partial charge in [-0.15, -0.1) is 0 Å². The molecule has 0 fully saturated rings. The van der Waals surface area contributed by atoms with Crippen molar-refractivity contribution in [3.63, 3.8) is 0 Å². The van der Waals surface area contributed by atoms with E-state index in [0.717, 1.165) is 5.69 Å². The fourth-order valence-corrected chi connectivity index (χ4v) is 1.27. The molecule has 1 aromatic heterocycles. The highest BCUT2D eigenvalue weighted by Gasteiger charge is 2.03.